The number of esters is 1. The van der Waals surface area contributed by atoms with Gasteiger partial charge in [-0.3, -0.25) is 4.79 Å². The third-order valence-electron chi connectivity index (χ3n) is 1.97. The molecular weight excluding hydrogens is 230 g/mol. The van der Waals surface area contributed by atoms with Crippen molar-refractivity contribution >= 4 is 28.2 Å². The summed E-state index contributed by atoms with van der Waals surface area (Å²) in [5, 5.41) is 2.89. The van der Waals surface area contributed by atoms with Crippen molar-refractivity contribution in [3.63, 3.8) is 0 Å². The van der Waals surface area contributed by atoms with Crippen molar-refractivity contribution in [3.8, 4) is 0 Å². The summed E-state index contributed by atoms with van der Waals surface area (Å²) < 4.78 is 27.0. The Labute approximate surface area is 89.5 Å². The molecule has 0 aromatic heterocycles. The Morgan fingerprint density at radius 3 is 2.71 bits per heavy atom. The van der Waals surface area contributed by atoms with E-state index in [0.717, 1.165) is 0 Å². The van der Waals surface area contributed by atoms with Crippen LogP contribution >= 0.6 is 12.4 Å². The van der Waals surface area contributed by atoms with Gasteiger partial charge in [-0.1, -0.05) is 0 Å². The molecule has 1 saturated heterocycles. The average molecular weight is 244 g/mol. The predicted octanol–water partition coefficient (Wildman–Crippen LogP) is -0.785. The van der Waals surface area contributed by atoms with Gasteiger partial charge in [0.1, 0.15) is 0 Å². The number of carbonyl (C=O) groups excluding carboxylic acids is 1. The van der Waals surface area contributed by atoms with Crippen molar-refractivity contribution in [1.82, 2.24) is 5.32 Å². The summed E-state index contributed by atoms with van der Waals surface area (Å²) in [4.78, 5) is 11.1. The fourth-order valence-electron chi connectivity index (χ4n) is 1.27. The monoisotopic (exact) mass is 243 g/mol. The van der Waals surface area contributed by atoms with Crippen LogP contribution in [0.4, 0.5) is 0 Å². The van der Waals surface area contributed by atoms with E-state index in [-0.39, 0.29) is 23.9 Å². The number of hydrogen-bond donors (Lipinski definition) is 1. The largest absolute Gasteiger partial charge is 0.469 e. The van der Waals surface area contributed by atoms with Gasteiger partial charge in [-0.25, -0.2) is 8.42 Å². The first kappa shape index (κ1) is 13.7. The molecule has 0 aliphatic carbocycles. The minimum atomic E-state index is -3.09. The van der Waals surface area contributed by atoms with Crippen LogP contribution in [0.2, 0.25) is 0 Å². The average Bonchev–Trinajstić information content (AvgIpc) is 2.25. The summed E-state index contributed by atoms with van der Waals surface area (Å²) in [7, 11) is -1.82. The van der Waals surface area contributed by atoms with Gasteiger partial charge in [0.05, 0.1) is 24.5 Å². The van der Waals surface area contributed by atoms with Crippen LogP contribution < -0.4 is 5.32 Å². The Bertz CT molecular complexity index is 290. The molecule has 0 radical (unpaired) electrons. The highest BCUT2D eigenvalue weighted by Gasteiger charge is 2.28. The zero-order valence-electron chi connectivity index (χ0n) is 7.86. The van der Waals surface area contributed by atoms with Crippen LogP contribution in [0.1, 0.15) is 0 Å². The van der Waals surface area contributed by atoms with E-state index in [1.807, 2.05) is 0 Å². The Balaban J connectivity index is 0.00000169. The fraction of sp³-hybridized carbons (Fsp3) is 0.857. The van der Waals surface area contributed by atoms with Crippen LogP contribution in [-0.2, 0) is 19.4 Å². The van der Waals surface area contributed by atoms with E-state index in [1.165, 1.54) is 7.11 Å². The molecule has 7 heteroatoms. The Morgan fingerprint density at radius 2 is 2.14 bits per heavy atom. The molecule has 84 valence electrons. The molecule has 1 N–H and O–H groups in total. The molecule has 0 amide bonds. The maximum absolute atomic E-state index is 11.3. The normalized spacial score (nSPS) is 25.6. The maximum Gasteiger partial charge on any atom is 0.310 e. The SMILES string of the molecule is COC(=O)C1CNCCS(=O)(=O)C1.Cl. The molecule has 1 fully saturated rings. The summed E-state index contributed by atoms with van der Waals surface area (Å²) in [6.45, 7) is 0.793. The summed E-state index contributed by atoms with van der Waals surface area (Å²) in [5.74, 6) is -1.02. The second kappa shape index (κ2) is 5.53. The molecule has 0 spiro atoms. The summed E-state index contributed by atoms with van der Waals surface area (Å²) in [6.07, 6.45) is 0. The molecule has 1 aliphatic rings. The number of nitrogens with one attached hydrogen (secondary N) is 1. The first-order valence-electron chi connectivity index (χ1n) is 4.04. The number of carbonyl (C=O) groups is 1. The fourth-order valence-corrected chi connectivity index (χ4v) is 2.76. The second-order valence-electron chi connectivity index (χ2n) is 3.04. The molecule has 0 bridgehead atoms. The molecule has 5 nitrogen and oxygen atoms in total. The summed E-state index contributed by atoms with van der Waals surface area (Å²) in [5.41, 5.74) is 0. The van der Waals surface area contributed by atoms with Crippen LogP contribution in [0.15, 0.2) is 0 Å². The lowest BCUT2D eigenvalue weighted by molar-refractivity contribution is -0.144. The first-order chi connectivity index (χ1) is 6.05. The number of rotatable bonds is 1. The van der Waals surface area contributed by atoms with Crippen molar-refractivity contribution in [2.24, 2.45) is 5.92 Å². The molecule has 1 atom stereocenters. The van der Waals surface area contributed by atoms with Crippen LogP contribution in [-0.4, -0.2) is 46.1 Å². The van der Waals surface area contributed by atoms with Gasteiger partial charge in [0, 0.05) is 13.1 Å². The minimum absolute atomic E-state index is 0. The number of hydrogen-bond acceptors (Lipinski definition) is 5. The van der Waals surface area contributed by atoms with Crippen LogP contribution in [0, 0.1) is 5.92 Å². The maximum atomic E-state index is 11.3. The lowest BCUT2D eigenvalue weighted by Gasteiger charge is -2.09. The van der Waals surface area contributed by atoms with Crippen molar-refractivity contribution in [2.75, 3.05) is 31.7 Å². The van der Waals surface area contributed by atoms with Gasteiger partial charge in [0.15, 0.2) is 9.84 Å². The van der Waals surface area contributed by atoms with Crippen molar-refractivity contribution < 1.29 is 17.9 Å². The molecule has 0 aromatic carbocycles. The highest BCUT2D eigenvalue weighted by atomic mass is 35.5. The van der Waals surface area contributed by atoms with Gasteiger partial charge in [-0.15, -0.1) is 12.4 Å². The molecule has 0 saturated carbocycles. The van der Waals surface area contributed by atoms with Gasteiger partial charge in [0.2, 0.25) is 0 Å². The van der Waals surface area contributed by atoms with Gasteiger partial charge in [0.25, 0.3) is 0 Å². The molecule has 1 aliphatic heterocycles. The van der Waals surface area contributed by atoms with E-state index >= 15 is 0 Å². The highest BCUT2D eigenvalue weighted by molar-refractivity contribution is 7.91. The predicted molar refractivity (Wildman–Crippen MR) is 54.3 cm³/mol. The quantitative estimate of drug-likeness (QED) is 0.612. The lowest BCUT2D eigenvalue weighted by Crippen LogP contribution is -2.30. The van der Waals surface area contributed by atoms with Crippen molar-refractivity contribution in [3.05, 3.63) is 0 Å². The van der Waals surface area contributed by atoms with Gasteiger partial charge >= 0.3 is 5.97 Å². The summed E-state index contributed by atoms with van der Waals surface area (Å²) >= 11 is 0. The first-order valence-corrected chi connectivity index (χ1v) is 5.86. The zero-order chi connectivity index (χ0) is 9.90. The zero-order valence-corrected chi connectivity index (χ0v) is 9.49. The van der Waals surface area contributed by atoms with E-state index in [1.54, 1.807) is 0 Å². The Kier molecular flexibility index (Phi) is 5.40. The van der Waals surface area contributed by atoms with Crippen LogP contribution in [0.5, 0.6) is 0 Å². The van der Waals surface area contributed by atoms with E-state index in [0.29, 0.717) is 13.1 Å². The van der Waals surface area contributed by atoms with Gasteiger partial charge in [-0.2, -0.15) is 0 Å². The van der Waals surface area contributed by atoms with Crippen LogP contribution in [0.25, 0.3) is 0 Å². The minimum Gasteiger partial charge on any atom is -0.469 e. The molecule has 1 heterocycles. The van der Waals surface area contributed by atoms with E-state index in [2.05, 4.69) is 10.1 Å². The van der Waals surface area contributed by atoms with Crippen LogP contribution in [0.3, 0.4) is 0 Å². The number of methoxy groups -OCH3 is 1. The summed E-state index contributed by atoms with van der Waals surface area (Å²) in [6, 6.07) is 0. The van der Waals surface area contributed by atoms with Crippen molar-refractivity contribution in [2.45, 2.75) is 0 Å². The smallest absolute Gasteiger partial charge is 0.310 e. The van der Waals surface area contributed by atoms with Gasteiger partial charge in [-0.05, 0) is 0 Å². The van der Waals surface area contributed by atoms with Gasteiger partial charge < -0.3 is 10.1 Å². The molecule has 14 heavy (non-hydrogen) atoms. The Morgan fingerprint density at radius 1 is 1.50 bits per heavy atom. The highest BCUT2D eigenvalue weighted by Crippen LogP contribution is 2.07. The Hall–Kier alpha value is -0.330. The molecule has 0 aromatic rings. The van der Waals surface area contributed by atoms with E-state index in [9.17, 15) is 13.2 Å². The molecular formula is C7H14ClNO4S. The standard InChI is InChI=1S/C7H13NO4S.ClH/c1-12-7(9)6-4-8-2-3-13(10,11)5-6;/h6,8H,2-5H2,1H3;1H. The van der Waals surface area contributed by atoms with E-state index < -0.39 is 21.7 Å². The molecule has 1 rings (SSSR count). The lowest BCUT2D eigenvalue weighted by atomic mass is 10.2. The number of sulfone groups is 1. The second-order valence-corrected chi connectivity index (χ2v) is 5.27. The number of halogens is 1. The third-order valence-corrected chi connectivity index (χ3v) is 3.71. The van der Waals surface area contributed by atoms with E-state index in [4.69, 9.17) is 0 Å². The topological polar surface area (TPSA) is 72.5 Å². The van der Waals surface area contributed by atoms with Crippen molar-refractivity contribution in [1.29, 1.82) is 0 Å². The molecule has 1 unspecified atom stereocenters. The third kappa shape index (κ3) is 3.81. The number of ether oxygens (including phenoxy) is 1.